The first-order chi connectivity index (χ1) is 13.1. The number of benzene rings is 1. The van der Waals surface area contributed by atoms with Crippen LogP contribution in [0.5, 0.6) is 0 Å². The highest BCUT2D eigenvalue weighted by atomic mass is 16.5. The second kappa shape index (κ2) is 9.74. The third-order valence-corrected chi connectivity index (χ3v) is 5.37. The molecule has 2 aliphatic heterocycles. The van der Waals surface area contributed by atoms with Gasteiger partial charge < -0.3 is 19.9 Å². The molecule has 1 atom stereocenters. The number of hydrogen-bond donors (Lipinski definition) is 1. The van der Waals surface area contributed by atoms with Gasteiger partial charge in [-0.25, -0.2) is 0 Å². The number of ether oxygens (including phenoxy) is 1. The Bertz CT molecular complexity index is 620. The summed E-state index contributed by atoms with van der Waals surface area (Å²) in [6.07, 6.45) is 6.24. The topological polar surface area (TPSA) is 61.9 Å². The summed E-state index contributed by atoms with van der Waals surface area (Å²) in [6, 6.07) is 8.05. The summed E-state index contributed by atoms with van der Waals surface area (Å²) in [5, 5.41) is 2.93. The Morgan fingerprint density at radius 3 is 2.52 bits per heavy atom. The molecule has 2 heterocycles. The molecule has 0 radical (unpaired) electrons. The number of anilines is 2. The molecule has 1 unspecified atom stereocenters. The van der Waals surface area contributed by atoms with E-state index in [0.29, 0.717) is 19.5 Å². The van der Waals surface area contributed by atoms with Gasteiger partial charge in [0.2, 0.25) is 11.8 Å². The van der Waals surface area contributed by atoms with Crippen molar-refractivity contribution in [3.05, 3.63) is 24.3 Å². The van der Waals surface area contributed by atoms with E-state index in [0.717, 1.165) is 38.2 Å². The fraction of sp³-hybridized carbons (Fsp3) is 0.619. The van der Waals surface area contributed by atoms with E-state index in [-0.39, 0.29) is 17.9 Å². The first kappa shape index (κ1) is 19.7. The summed E-state index contributed by atoms with van der Waals surface area (Å²) in [5.41, 5.74) is 2.02. The van der Waals surface area contributed by atoms with Crippen molar-refractivity contribution in [1.82, 2.24) is 4.90 Å². The Labute approximate surface area is 161 Å². The molecular formula is C21H31N3O3. The van der Waals surface area contributed by atoms with Crippen molar-refractivity contribution in [2.75, 3.05) is 43.0 Å². The number of carbonyl (C=O) groups excluding carboxylic acids is 2. The number of carbonyl (C=O) groups is 2. The largest absolute Gasteiger partial charge is 0.376 e. The SMILES string of the molecule is CC(=O)N(CCC(=O)Nc1ccc(N2CCCCC2)cc1)CC1CCCO1. The highest BCUT2D eigenvalue weighted by molar-refractivity contribution is 5.91. The average Bonchev–Trinajstić information content (AvgIpc) is 3.19. The lowest BCUT2D eigenvalue weighted by molar-refractivity contribution is -0.130. The number of piperidine rings is 1. The maximum absolute atomic E-state index is 12.3. The van der Waals surface area contributed by atoms with Crippen LogP contribution in [0.25, 0.3) is 0 Å². The van der Waals surface area contributed by atoms with Gasteiger partial charge in [-0.2, -0.15) is 0 Å². The molecule has 2 amide bonds. The van der Waals surface area contributed by atoms with Gasteiger partial charge in [-0.3, -0.25) is 9.59 Å². The maximum atomic E-state index is 12.3. The lowest BCUT2D eigenvalue weighted by atomic mass is 10.1. The van der Waals surface area contributed by atoms with Crippen molar-refractivity contribution in [3.8, 4) is 0 Å². The van der Waals surface area contributed by atoms with Crippen molar-refractivity contribution in [1.29, 1.82) is 0 Å². The van der Waals surface area contributed by atoms with Gasteiger partial charge in [0.15, 0.2) is 0 Å². The van der Waals surface area contributed by atoms with Crippen LogP contribution in [0.15, 0.2) is 24.3 Å². The minimum atomic E-state index is -0.0701. The monoisotopic (exact) mass is 373 g/mol. The molecule has 2 saturated heterocycles. The van der Waals surface area contributed by atoms with Crippen LogP contribution in [0.4, 0.5) is 11.4 Å². The normalized spacial score (nSPS) is 19.7. The molecular weight excluding hydrogens is 342 g/mol. The molecule has 0 aliphatic carbocycles. The van der Waals surface area contributed by atoms with E-state index in [2.05, 4.69) is 22.3 Å². The Hall–Kier alpha value is -2.08. The van der Waals surface area contributed by atoms with E-state index >= 15 is 0 Å². The molecule has 0 spiro atoms. The van der Waals surface area contributed by atoms with Crippen LogP contribution in [0, 0.1) is 0 Å². The molecule has 0 bridgehead atoms. The van der Waals surface area contributed by atoms with Crippen molar-refractivity contribution in [2.45, 2.75) is 51.6 Å². The molecule has 1 N–H and O–H groups in total. The van der Waals surface area contributed by atoms with Crippen LogP contribution in [0.3, 0.4) is 0 Å². The second-order valence-corrected chi connectivity index (χ2v) is 7.49. The smallest absolute Gasteiger partial charge is 0.226 e. The van der Waals surface area contributed by atoms with Crippen LogP contribution < -0.4 is 10.2 Å². The zero-order chi connectivity index (χ0) is 19.1. The Kier molecular flexibility index (Phi) is 7.10. The fourth-order valence-corrected chi connectivity index (χ4v) is 3.78. The Balaban J connectivity index is 1.45. The Morgan fingerprint density at radius 2 is 1.89 bits per heavy atom. The molecule has 6 nitrogen and oxygen atoms in total. The van der Waals surface area contributed by atoms with Gasteiger partial charge in [0, 0.05) is 57.5 Å². The van der Waals surface area contributed by atoms with Gasteiger partial charge in [0.1, 0.15) is 0 Å². The van der Waals surface area contributed by atoms with Crippen molar-refractivity contribution >= 4 is 23.2 Å². The molecule has 1 aromatic carbocycles. The van der Waals surface area contributed by atoms with E-state index in [4.69, 9.17) is 4.74 Å². The summed E-state index contributed by atoms with van der Waals surface area (Å²) in [4.78, 5) is 28.2. The van der Waals surface area contributed by atoms with E-state index in [1.165, 1.54) is 24.9 Å². The first-order valence-electron chi connectivity index (χ1n) is 10.1. The number of amides is 2. The van der Waals surface area contributed by atoms with E-state index in [9.17, 15) is 9.59 Å². The molecule has 2 fully saturated rings. The van der Waals surface area contributed by atoms with Gasteiger partial charge in [-0.1, -0.05) is 0 Å². The fourth-order valence-electron chi connectivity index (χ4n) is 3.78. The van der Waals surface area contributed by atoms with Crippen LogP contribution in [0.2, 0.25) is 0 Å². The van der Waals surface area contributed by atoms with Crippen molar-refractivity contribution in [2.24, 2.45) is 0 Å². The number of nitrogens with zero attached hydrogens (tertiary/aromatic N) is 2. The quantitative estimate of drug-likeness (QED) is 0.798. The minimum Gasteiger partial charge on any atom is -0.376 e. The van der Waals surface area contributed by atoms with Gasteiger partial charge in [0.25, 0.3) is 0 Å². The highest BCUT2D eigenvalue weighted by Gasteiger charge is 2.21. The van der Waals surface area contributed by atoms with Crippen LogP contribution in [0.1, 0.15) is 45.4 Å². The molecule has 6 heteroatoms. The zero-order valence-corrected chi connectivity index (χ0v) is 16.3. The summed E-state index contributed by atoms with van der Waals surface area (Å²) in [6.45, 7) is 5.53. The zero-order valence-electron chi connectivity index (χ0n) is 16.3. The molecule has 1 aromatic rings. The first-order valence-corrected chi connectivity index (χ1v) is 10.1. The average molecular weight is 373 g/mol. The number of rotatable bonds is 7. The number of hydrogen-bond acceptors (Lipinski definition) is 4. The van der Waals surface area contributed by atoms with Gasteiger partial charge in [-0.15, -0.1) is 0 Å². The molecule has 3 rings (SSSR count). The lowest BCUT2D eigenvalue weighted by Crippen LogP contribution is -2.37. The van der Waals surface area contributed by atoms with Crippen molar-refractivity contribution in [3.63, 3.8) is 0 Å². The Morgan fingerprint density at radius 1 is 1.15 bits per heavy atom. The third-order valence-electron chi connectivity index (χ3n) is 5.37. The van der Waals surface area contributed by atoms with E-state index in [1.54, 1.807) is 11.8 Å². The summed E-state index contributed by atoms with van der Waals surface area (Å²) in [5.74, 6) is -0.0801. The van der Waals surface area contributed by atoms with Crippen LogP contribution >= 0.6 is 0 Å². The molecule has 148 valence electrons. The maximum Gasteiger partial charge on any atom is 0.226 e. The van der Waals surface area contributed by atoms with Crippen LogP contribution in [-0.4, -0.2) is 55.6 Å². The molecule has 0 saturated carbocycles. The third kappa shape index (κ3) is 5.96. The van der Waals surface area contributed by atoms with Gasteiger partial charge in [-0.05, 0) is 56.4 Å². The number of nitrogens with one attached hydrogen (secondary N) is 1. The van der Waals surface area contributed by atoms with Crippen LogP contribution in [-0.2, 0) is 14.3 Å². The highest BCUT2D eigenvalue weighted by Crippen LogP contribution is 2.22. The van der Waals surface area contributed by atoms with Crippen molar-refractivity contribution < 1.29 is 14.3 Å². The van der Waals surface area contributed by atoms with Gasteiger partial charge >= 0.3 is 0 Å². The predicted octanol–water partition coefficient (Wildman–Crippen LogP) is 3.03. The summed E-state index contributed by atoms with van der Waals surface area (Å²) >= 11 is 0. The standard InChI is InChI=1S/C21H31N3O3/c1-17(25)24(16-20-6-5-15-27-20)14-11-21(26)22-18-7-9-19(10-8-18)23-12-3-2-4-13-23/h7-10,20H,2-6,11-16H2,1H3,(H,22,26). The van der Waals surface area contributed by atoms with Gasteiger partial charge in [0.05, 0.1) is 6.10 Å². The van der Waals surface area contributed by atoms with E-state index in [1.807, 2.05) is 12.1 Å². The molecule has 27 heavy (non-hydrogen) atoms. The molecule has 2 aliphatic rings. The van der Waals surface area contributed by atoms with E-state index < -0.39 is 0 Å². The second-order valence-electron chi connectivity index (χ2n) is 7.49. The summed E-state index contributed by atoms with van der Waals surface area (Å²) in [7, 11) is 0. The predicted molar refractivity (Wildman–Crippen MR) is 107 cm³/mol. The minimum absolute atomic E-state index is 0.0100. The molecule has 0 aromatic heterocycles. The summed E-state index contributed by atoms with van der Waals surface area (Å²) < 4.78 is 5.60. The lowest BCUT2D eigenvalue weighted by Gasteiger charge is -2.28.